The van der Waals surface area contributed by atoms with Crippen LogP contribution in [0.25, 0.3) is 0 Å². The van der Waals surface area contributed by atoms with Crippen LogP contribution in [0.4, 0.5) is 4.79 Å². The first-order valence-electron chi connectivity index (χ1n) is 10.6. The lowest BCUT2D eigenvalue weighted by Gasteiger charge is -2.34. The third kappa shape index (κ3) is 5.19. The normalized spacial score (nSPS) is 21.5. The second-order valence-electron chi connectivity index (χ2n) is 9.22. The van der Waals surface area contributed by atoms with Crippen LogP contribution in [0, 0.1) is 5.41 Å². The van der Waals surface area contributed by atoms with Crippen molar-refractivity contribution in [2.75, 3.05) is 26.2 Å². The van der Waals surface area contributed by atoms with E-state index in [-0.39, 0.29) is 38.2 Å². The molecule has 2 atom stereocenters. The Morgan fingerprint density at radius 3 is 2.61 bits per heavy atom. The summed E-state index contributed by atoms with van der Waals surface area (Å²) in [6.45, 7) is 6.48. The molecule has 1 saturated heterocycles. The second kappa shape index (κ2) is 9.13. The summed E-state index contributed by atoms with van der Waals surface area (Å²) in [6, 6.07) is 5.71. The maximum absolute atomic E-state index is 12.9. The zero-order valence-electron chi connectivity index (χ0n) is 18.3. The molecule has 3 amide bonds. The molecule has 2 heterocycles. The van der Waals surface area contributed by atoms with Gasteiger partial charge in [-0.1, -0.05) is 39.0 Å². The average Bonchev–Trinajstić information content (AvgIpc) is 3.28. The molecule has 0 spiro atoms. The zero-order chi connectivity index (χ0) is 22.8. The molecular weight excluding hydrogens is 420 g/mol. The van der Waals surface area contributed by atoms with Gasteiger partial charge in [-0.15, -0.1) is 0 Å². The molecule has 1 unspecified atom stereocenters. The summed E-state index contributed by atoms with van der Waals surface area (Å²) < 4.78 is 27.1. The number of carbonyl (C=O) groups excluding carboxylic acids is 2. The number of carbonyl (C=O) groups is 2. The van der Waals surface area contributed by atoms with E-state index in [2.05, 4.69) is 10.6 Å². The van der Waals surface area contributed by atoms with Gasteiger partial charge in [0.15, 0.2) is 0 Å². The number of rotatable bonds is 6. The molecule has 1 aromatic carbocycles. The van der Waals surface area contributed by atoms with Crippen LogP contribution in [-0.4, -0.2) is 73.0 Å². The summed E-state index contributed by atoms with van der Waals surface area (Å²) in [5.74, 6) is -0.239. The smallest absolute Gasteiger partial charge is 0.315 e. The maximum Gasteiger partial charge on any atom is 0.315 e. The largest absolute Gasteiger partial charge is 0.394 e. The molecule has 9 nitrogen and oxygen atoms in total. The van der Waals surface area contributed by atoms with Crippen LogP contribution in [0.5, 0.6) is 0 Å². The molecule has 1 fully saturated rings. The molecule has 172 valence electrons. The number of benzene rings is 1. The summed E-state index contributed by atoms with van der Waals surface area (Å²) in [7, 11) is -3.61. The number of hydrogen-bond donors (Lipinski definition) is 3. The van der Waals surface area contributed by atoms with Gasteiger partial charge in [0, 0.05) is 25.7 Å². The van der Waals surface area contributed by atoms with Crippen LogP contribution in [0.1, 0.15) is 39.2 Å². The molecule has 0 aromatic heterocycles. The van der Waals surface area contributed by atoms with E-state index in [4.69, 9.17) is 0 Å². The summed E-state index contributed by atoms with van der Waals surface area (Å²) in [6.07, 6.45) is 1.59. The second-order valence-corrected chi connectivity index (χ2v) is 11.1. The summed E-state index contributed by atoms with van der Waals surface area (Å²) >= 11 is 0. The van der Waals surface area contributed by atoms with Crippen molar-refractivity contribution in [3.05, 3.63) is 29.8 Å². The highest BCUT2D eigenvalue weighted by Crippen LogP contribution is 2.32. The van der Waals surface area contributed by atoms with Gasteiger partial charge in [-0.05, 0) is 29.9 Å². The van der Waals surface area contributed by atoms with Gasteiger partial charge in [-0.25, -0.2) is 13.2 Å². The van der Waals surface area contributed by atoms with Gasteiger partial charge in [-0.3, -0.25) is 4.79 Å². The van der Waals surface area contributed by atoms with Crippen molar-refractivity contribution in [2.45, 2.75) is 57.1 Å². The Bertz CT molecular complexity index is 928. The number of sulfonamides is 1. The van der Waals surface area contributed by atoms with Crippen LogP contribution >= 0.6 is 0 Å². The number of hydrogen-bond acceptors (Lipinski definition) is 5. The van der Waals surface area contributed by atoms with Gasteiger partial charge in [-0.2, -0.15) is 4.31 Å². The highest BCUT2D eigenvalue weighted by molar-refractivity contribution is 7.89. The van der Waals surface area contributed by atoms with Gasteiger partial charge in [0.2, 0.25) is 15.9 Å². The molecule has 0 aliphatic carbocycles. The molecule has 3 N–H and O–H groups in total. The molecule has 0 bridgehead atoms. The highest BCUT2D eigenvalue weighted by Gasteiger charge is 2.38. The first-order valence-corrected chi connectivity index (χ1v) is 12.0. The van der Waals surface area contributed by atoms with Crippen LogP contribution in [-0.2, 0) is 21.4 Å². The van der Waals surface area contributed by atoms with E-state index >= 15 is 0 Å². The van der Waals surface area contributed by atoms with Gasteiger partial charge in [0.25, 0.3) is 0 Å². The van der Waals surface area contributed by atoms with Crippen LogP contribution < -0.4 is 10.6 Å². The average molecular weight is 453 g/mol. The number of amides is 3. The fraction of sp³-hybridized carbons (Fsp3) is 0.619. The summed E-state index contributed by atoms with van der Waals surface area (Å²) in [5, 5.41) is 14.8. The van der Waals surface area contributed by atoms with E-state index in [1.54, 1.807) is 23.1 Å². The van der Waals surface area contributed by atoms with E-state index in [0.29, 0.717) is 11.4 Å². The quantitative estimate of drug-likeness (QED) is 0.592. The van der Waals surface area contributed by atoms with E-state index in [0.717, 1.165) is 18.4 Å². The third-order valence-electron chi connectivity index (χ3n) is 5.98. The van der Waals surface area contributed by atoms with Crippen molar-refractivity contribution in [2.24, 2.45) is 5.41 Å². The fourth-order valence-corrected chi connectivity index (χ4v) is 5.67. The minimum atomic E-state index is -3.61. The van der Waals surface area contributed by atoms with E-state index < -0.39 is 27.5 Å². The van der Waals surface area contributed by atoms with E-state index in [9.17, 15) is 23.1 Å². The van der Waals surface area contributed by atoms with Gasteiger partial charge >= 0.3 is 6.03 Å². The van der Waals surface area contributed by atoms with Crippen molar-refractivity contribution in [3.63, 3.8) is 0 Å². The first-order chi connectivity index (χ1) is 14.5. The molecule has 2 aliphatic rings. The van der Waals surface area contributed by atoms with Gasteiger partial charge in [0.05, 0.1) is 24.1 Å². The van der Waals surface area contributed by atoms with Gasteiger partial charge in [0.1, 0.15) is 0 Å². The lowest BCUT2D eigenvalue weighted by molar-refractivity contribution is -0.131. The first kappa shape index (κ1) is 23.5. The molecule has 10 heteroatoms. The minimum absolute atomic E-state index is 0.0866. The number of aliphatic hydroxyl groups is 1. The van der Waals surface area contributed by atoms with E-state index in [1.807, 2.05) is 26.8 Å². The Labute approximate surface area is 183 Å². The Morgan fingerprint density at radius 1 is 1.26 bits per heavy atom. The van der Waals surface area contributed by atoms with Crippen molar-refractivity contribution in [1.29, 1.82) is 0 Å². The lowest BCUT2D eigenvalue weighted by atomic mass is 9.86. The zero-order valence-corrected chi connectivity index (χ0v) is 19.1. The SMILES string of the molecule is CC(C)(C)C(CN1Cc2ccccc2S1(=O)=O)NC(=O)NCC(=O)N1CCC[C@H]1CO. The molecule has 1 aromatic rings. The number of fused-ring (bicyclic) bond motifs is 1. The molecule has 0 saturated carbocycles. The monoisotopic (exact) mass is 452 g/mol. The van der Waals surface area contributed by atoms with Crippen molar-refractivity contribution in [3.8, 4) is 0 Å². The summed E-state index contributed by atoms with van der Waals surface area (Å²) in [4.78, 5) is 26.8. The number of nitrogens with zero attached hydrogens (tertiary/aromatic N) is 2. The van der Waals surface area contributed by atoms with Crippen molar-refractivity contribution < 1.29 is 23.1 Å². The van der Waals surface area contributed by atoms with Crippen LogP contribution in [0.3, 0.4) is 0 Å². The third-order valence-corrected chi connectivity index (χ3v) is 7.89. The molecular formula is C21H32N4O5S. The molecule has 0 radical (unpaired) electrons. The number of likely N-dealkylation sites (tertiary alicyclic amines) is 1. The predicted molar refractivity (Wildman–Crippen MR) is 116 cm³/mol. The van der Waals surface area contributed by atoms with Crippen LogP contribution in [0.2, 0.25) is 0 Å². The highest BCUT2D eigenvalue weighted by atomic mass is 32.2. The van der Waals surface area contributed by atoms with Crippen molar-refractivity contribution >= 4 is 22.0 Å². The Morgan fingerprint density at radius 2 is 1.97 bits per heavy atom. The van der Waals surface area contributed by atoms with Crippen molar-refractivity contribution in [1.82, 2.24) is 19.8 Å². The predicted octanol–water partition coefficient (Wildman–Crippen LogP) is 0.888. The maximum atomic E-state index is 12.9. The Hall–Kier alpha value is -2.17. The Balaban J connectivity index is 1.61. The minimum Gasteiger partial charge on any atom is -0.394 e. The van der Waals surface area contributed by atoms with E-state index in [1.165, 1.54) is 4.31 Å². The number of nitrogens with one attached hydrogen (secondary N) is 2. The number of aliphatic hydroxyl groups excluding tert-OH is 1. The van der Waals surface area contributed by atoms with Gasteiger partial charge < -0.3 is 20.6 Å². The molecule has 3 rings (SSSR count). The lowest BCUT2D eigenvalue weighted by Crippen LogP contribution is -2.54. The number of urea groups is 1. The van der Waals surface area contributed by atoms with Crippen LogP contribution in [0.15, 0.2) is 29.2 Å². The summed E-state index contributed by atoms with van der Waals surface area (Å²) in [5.41, 5.74) is 0.331. The fourth-order valence-electron chi connectivity index (χ4n) is 4.02. The standard InChI is InChI=1S/C21H32N4O5S/c1-21(2,3)18(13-24-12-15-7-4-5-9-17(15)31(24,29)30)23-20(28)22-11-19(27)25-10-6-8-16(25)14-26/h4-5,7,9,16,18,26H,6,8,10-14H2,1-3H3,(H2,22,23,28)/t16-,18?/m0/s1. The topological polar surface area (TPSA) is 119 Å². The Kier molecular flexibility index (Phi) is 6.92. The molecule has 31 heavy (non-hydrogen) atoms. The molecule has 2 aliphatic heterocycles.